The van der Waals surface area contributed by atoms with Gasteiger partial charge in [0, 0.05) is 11.3 Å². The third kappa shape index (κ3) is 7.77. The van der Waals surface area contributed by atoms with Crippen LogP contribution in [0.5, 0.6) is 0 Å². The molecule has 0 radical (unpaired) electrons. The van der Waals surface area contributed by atoms with E-state index >= 15 is 0 Å². The lowest BCUT2D eigenvalue weighted by Crippen LogP contribution is -2.34. The van der Waals surface area contributed by atoms with Gasteiger partial charge in [-0.15, -0.1) is 0 Å². The number of carboxylic acid groups (broad SMARTS) is 2. The van der Waals surface area contributed by atoms with Crippen LogP contribution in [0.2, 0.25) is 0 Å². The summed E-state index contributed by atoms with van der Waals surface area (Å²) in [6, 6.07) is 23.7. The largest absolute Gasteiger partial charge is 0.478 e. The van der Waals surface area contributed by atoms with Crippen molar-refractivity contribution < 1.29 is 24.6 Å². The van der Waals surface area contributed by atoms with Crippen LogP contribution in [0.15, 0.2) is 85.4 Å². The van der Waals surface area contributed by atoms with Crippen LogP contribution >= 0.6 is 0 Å². The summed E-state index contributed by atoms with van der Waals surface area (Å²) in [6.07, 6.45) is 4.63. The molecule has 0 saturated carbocycles. The first-order chi connectivity index (χ1) is 24.1. The highest BCUT2D eigenvalue weighted by molar-refractivity contribution is 6.04. The van der Waals surface area contributed by atoms with Gasteiger partial charge in [0.15, 0.2) is 0 Å². The number of hydrogen-bond acceptors (Lipinski definition) is 3. The van der Waals surface area contributed by atoms with Crippen molar-refractivity contribution in [2.45, 2.75) is 110 Å². The van der Waals surface area contributed by atoms with Crippen molar-refractivity contribution in [2.75, 3.05) is 5.32 Å². The molecule has 0 spiro atoms. The van der Waals surface area contributed by atoms with Gasteiger partial charge in [-0.2, -0.15) is 0 Å². The van der Waals surface area contributed by atoms with Crippen LogP contribution in [0.4, 0.5) is 5.69 Å². The number of anilines is 1. The molecular formula is C46H53NO5. The quantitative estimate of drug-likeness (QED) is 0.186. The normalized spacial score (nSPS) is 17.3. The molecule has 6 nitrogen and oxygen atoms in total. The SMILES string of the molecule is C=C(c1ccc(C(=O)O)cc1)c1cc2c(cc1C)C(C)(C)CCC2(C)C.CC1(C)CCC(C)(C)c2cc(NC(=O)c3ccc(C(=O)O)cc3)ccc21. The summed E-state index contributed by atoms with van der Waals surface area (Å²) >= 11 is 0. The maximum Gasteiger partial charge on any atom is 0.335 e. The number of rotatable bonds is 6. The van der Waals surface area contributed by atoms with E-state index in [1.165, 1.54) is 64.9 Å². The molecular weight excluding hydrogens is 647 g/mol. The summed E-state index contributed by atoms with van der Waals surface area (Å²) < 4.78 is 0. The lowest BCUT2D eigenvalue weighted by atomic mass is 9.62. The molecule has 4 aromatic carbocycles. The zero-order valence-corrected chi connectivity index (χ0v) is 32.2. The maximum atomic E-state index is 12.5. The Bertz CT molecular complexity index is 2050. The van der Waals surface area contributed by atoms with Crippen molar-refractivity contribution in [3.8, 4) is 0 Å². The van der Waals surface area contributed by atoms with E-state index in [4.69, 9.17) is 10.2 Å². The van der Waals surface area contributed by atoms with E-state index in [1.54, 1.807) is 12.1 Å². The van der Waals surface area contributed by atoms with Gasteiger partial charge in [0.25, 0.3) is 5.91 Å². The lowest BCUT2D eigenvalue weighted by Gasteiger charge is -2.42. The first-order valence-electron chi connectivity index (χ1n) is 18.1. The van der Waals surface area contributed by atoms with Crippen molar-refractivity contribution in [2.24, 2.45) is 0 Å². The van der Waals surface area contributed by atoms with Crippen molar-refractivity contribution in [3.05, 3.63) is 141 Å². The molecule has 0 aliphatic heterocycles. The minimum absolute atomic E-state index is 0.0781. The molecule has 2 aliphatic rings. The van der Waals surface area contributed by atoms with Gasteiger partial charge in [-0.3, -0.25) is 4.79 Å². The Labute approximate surface area is 309 Å². The molecule has 0 heterocycles. The molecule has 6 rings (SSSR count). The van der Waals surface area contributed by atoms with Crippen LogP contribution in [0.1, 0.15) is 151 Å². The van der Waals surface area contributed by atoms with Gasteiger partial charge in [0.1, 0.15) is 0 Å². The minimum Gasteiger partial charge on any atom is -0.478 e. The Morgan fingerprint density at radius 3 is 1.38 bits per heavy atom. The van der Waals surface area contributed by atoms with E-state index in [0.717, 1.165) is 35.2 Å². The summed E-state index contributed by atoms with van der Waals surface area (Å²) in [5, 5.41) is 21.0. The predicted molar refractivity (Wildman–Crippen MR) is 211 cm³/mol. The Hall–Kier alpha value is -4.97. The first kappa shape index (κ1) is 38.3. The van der Waals surface area contributed by atoms with Crippen LogP contribution in [-0.4, -0.2) is 28.1 Å². The summed E-state index contributed by atoms with van der Waals surface area (Å²) in [6.45, 7) is 24.8. The number of carbonyl (C=O) groups excluding carboxylic acids is 1. The Kier molecular flexibility index (Phi) is 10.2. The molecule has 0 atom stereocenters. The van der Waals surface area contributed by atoms with E-state index in [-0.39, 0.29) is 33.1 Å². The van der Waals surface area contributed by atoms with E-state index in [9.17, 15) is 14.4 Å². The molecule has 3 N–H and O–H groups in total. The van der Waals surface area contributed by atoms with E-state index in [0.29, 0.717) is 11.1 Å². The highest BCUT2D eigenvalue weighted by atomic mass is 16.4. The molecule has 0 saturated heterocycles. The molecule has 52 heavy (non-hydrogen) atoms. The highest BCUT2D eigenvalue weighted by Crippen LogP contribution is 2.48. The number of benzene rings is 4. The summed E-state index contributed by atoms with van der Waals surface area (Å²) in [4.78, 5) is 34.5. The molecule has 0 aromatic heterocycles. The predicted octanol–water partition coefficient (Wildman–Crippen LogP) is 11.1. The fourth-order valence-corrected chi connectivity index (χ4v) is 7.65. The van der Waals surface area contributed by atoms with Crippen molar-refractivity contribution in [1.82, 2.24) is 0 Å². The zero-order chi connectivity index (χ0) is 38.4. The van der Waals surface area contributed by atoms with Gasteiger partial charge >= 0.3 is 11.9 Å². The van der Waals surface area contributed by atoms with E-state index in [1.807, 2.05) is 18.2 Å². The number of fused-ring (bicyclic) bond motifs is 2. The number of hydrogen-bond donors (Lipinski definition) is 3. The average molecular weight is 700 g/mol. The highest BCUT2D eigenvalue weighted by Gasteiger charge is 2.38. The second-order valence-corrected chi connectivity index (χ2v) is 17.2. The smallest absolute Gasteiger partial charge is 0.335 e. The number of carbonyl (C=O) groups is 3. The van der Waals surface area contributed by atoms with Crippen LogP contribution < -0.4 is 5.32 Å². The Morgan fingerprint density at radius 2 is 0.923 bits per heavy atom. The summed E-state index contributed by atoms with van der Waals surface area (Å²) in [5.41, 5.74) is 12.0. The van der Waals surface area contributed by atoms with Gasteiger partial charge < -0.3 is 15.5 Å². The van der Waals surface area contributed by atoms with Crippen LogP contribution in [0.3, 0.4) is 0 Å². The second kappa shape index (κ2) is 13.9. The maximum absolute atomic E-state index is 12.5. The van der Waals surface area contributed by atoms with E-state index in [2.05, 4.69) is 98.5 Å². The lowest BCUT2D eigenvalue weighted by molar-refractivity contribution is 0.0686. The standard InChI is InChI=1S/C24H28O2.C22H25NO3/c1-15-13-20-21(24(5,6)12-11-23(20,3)4)14-19(15)16(2)17-7-9-18(10-8-17)22(25)26;1-21(2)11-12-22(3,4)18-13-16(9-10-17(18)21)23-19(24)14-5-7-15(8-6-14)20(25)26/h7-10,13-14H,2,11-12H2,1,3-6H3,(H,25,26);5-10,13H,11-12H2,1-4H3,(H,23,24)(H,25,26). The third-order valence-electron chi connectivity index (χ3n) is 11.5. The van der Waals surface area contributed by atoms with Crippen molar-refractivity contribution in [1.29, 1.82) is 0 Å². The number of amides is 1. The molecule has 1 amide bonds. The second-order valence-electron chi connectivity index (χ2n) is 17.2. The van der Waals surface area contributed by atoms with Gasteiger partial charge in [0.2, 0.25) is 0 Å². The van der Waals surface area contributed by atoms with Crippen LogP contribution in [0.25, 0.3) is 5.57 Å². The Morgan fingerprint density at radius 1 is 0.538 bits per heavy atom. The third-order valence-corrected chi connectivity index (χ3v) is 11.5. The van der Waals surface area contributed by atoms with Crippen LogP contribution in [-0.2, 0) is 21.7 Å². The molecule has 0 fully saturated rings. The van der Waals surface area contributed by atoms with Gasteiger partial charge in [-0.05, 0) is 147 Å². The van der Waals surface area contributed by atoms with Gasteiger partial charge in [0.05, 0.1) is 11.1 Å². The molecule has 272 valence electrons. The molecule has 0 unspecified atom stereocenters. The zero-order valence-electron chi connectivity index (χ0n) is 32.2. The number of nitrogens with one attached hydrogen (secondary N) is 1. The molecule has 2 aliphatic carbocycles. The first-order valence-corrected chi connectivity index (χ1v) is 18.1. The summed E-state index contributed by atoms with van der Waals surface area (Å²) in [7, 11) is 0. The van der Waals surface area contributed by atoms with Gasteiger partial charge in [-0.1, -0.05) is 92.3 Å². The number of aromatic carboxylic acids is 2. The fourth-order valence-electron chi connectivity index (χ4n) is 7.65. The van der Waals surface area contributed by atoms with Crippen molar-refractivity contribution in [3.63, 3.8) is 0 Å². The molecule has 4 aromatic rings. The molecule has 6 heteroatoms. The van der Waals surface area contributed by atoms with Gasteiger partial charge in [-0.25, -0.2) is 9.59 Å². The summed E-state index contributed by atoms with van der Waals surface area (Å²) in [5.74, 6) is -2.15. The Balaban J connectivity index is 0.000000201. The number of carboxylic acids is 2. The molecule has 0 bridgehead atoms. The monoisotopic (exact) mass is 699 g/mol. The number of aryl methyl sites for hydroxylation is 1. The topological polar surface area (TPSA) is 104 Å². The fraction of sp³-hybridized carbons (Fsp3) is 0.370. The van der Waals surface area contributed by atoms with E-state index < -0.39 is 11.9 Å². The minimum atomic E-state index is -1.00. The van der Waals surface area contributed by atoms with Crippen molar-refractivity contribution >= 4 is 29.1 Å². The van der Waals surface area contributed by atoms with Crippen LogP contribution in [0, 0.1) is 6.92 Å². The average Bonchev–Trinajstić information content (AvgIpc) is 3.09.